The molecule has 0 atom stereocenters. The van der Waals surface area contributed by atoms with Gasteiger partial charge in [0.25, 0.3) is 0 Å². The number of nitrogens with two attached hydrogens (primary N) is 2. The summed E-state index contributed by atoms with van der Waals surface area (Å²) in [5.74, 6) is 8.00. The fraction of sp³-hybridized carbons (Fsp3) is 0. The fourth-order valence-electron chi connectivity index (χ4n) is 0. The van der Waals surface area contributed by atoms with E-state index in [1.807, 2.05) is 0 Å². The van der Waals surface area contributed by atoms with Gasteiger partial charge in [0.15, 0.2) is 0 Å². The van der Waals surface area contributed by atoms with Crippen molar-refractivity contribution in [3.8, 4) is 0 Å². The van der Waals surface area contributed by atoms with Crippen molar-refractivity contribution >= 4 is 29.6 Å². The van der Waals surface area contributed by atoms with Gasteiger partial charge in [-0.3, -0.25) is 11.7 Å². The van der Waals surface area contributed by atoms with Gasteiger partial charge in [0.2, 0.25) is 0 Å². The first-order valence-electron chi connectivity index (χ1n) is 0.965. The molecule has 0 saturated carbocycles. The molecule has 0 rings (SSSR count). The Morgan fingerprint density at radius 1 is 1.12 bits per heavy atom. The van der Waals surface area contributed by atoms with Crippen molar-refractivity contribution in [2.24, 2.45) is 11.7 Å². The van der Waals surface area contributed by atoms with E-state index in [4.69, 9.17) is 18.6 Å². The molecule has 8 heteroatoms. The Bertz CT molecular complexity index is 29.5. The van der Waals surface area contributed by atoms with Crippen LogP contribution in [-0.4, -0.2) is 34.2 Å². The second-order valence-corrected chi connectivity index (χ2v) is 1.19. The molecule has 48 valence electrons. The van der Waals surface area contributed by atoms with Gasteiger partial charge in [-0.05, 0) is 0 Å². The summed E-state index contributed by atoms with van der Waals surface area (Å²) in [6.07, 6.45) is 0. The van der Waals surface area contributed by atoms with Gasteiger partial charge in [0, 0.05) is 0 Å². The van der Waals surface area contributed by atoms with Gasteiger partial charge in [0.1, 0.15) is 0 Å². The summed E-state index contributed by atoms with van der Waals surface area (Å²) in [5.41, 5.74) is 0. The monoisotopic (exact) mass is 156 g/mol. The van der Waals surface area contributed by atoms with Gasteiger partial charge < -0.3 is 0 Å². The van der Waals surface area contributed by atoms with E-state index in [2.05, 4.69) is 11.7 Å². The summed E-state index contributed by atoms with van der Waals surface area (Å²) >= 11 is 0. The number of hydrogen-bond acceptors (Lipinski definition) is 6. The van der Waals surface area contributed by atoms with Crippen LogP contribution >= 0.6 is 0 Å². The molecule has 8 heavy (non-hydrogen) atoms. The zero-order valence-electron chi connectivity index (χ0n) is 3.20. The Balaban J connectivity index is -0.0000000750. The van der Waals surface area contributed by atoms with Crippen LogP contribution in [0.2, 0.25) is 0 Å². The minimum atomic E-state index is -4.69. The number of halogens is 1. The Labute approximate surface area is 70.1 Å². The Hall–Kier alpha value is 1.05. The zero-order chi connectivity index (χ0) is 6.50. The predicted octanol–water partition coefficient (Wildman–Crippen LogP) is -5.95. The molecule has 0 aromatic rings. The van der Waals surface area contributed by atoms with Crippen LogP contribution in [0.4, 0.5) is 0 Å². The van der Waals surface area contributed by atoms with E-state index in [0.717, 1.165) is 0 Å². The predicted molar refractivity (Wildman–Crippen MR) is 17.7 cm³/mol. The molecule has 0 fully saturated rings. The van der Waals surface area contributed by atoms with Crippen molar-refractivity contribution in [2.75, 3.05) is 0 Å². The molecule has 0 heterocycles. The zero-order valence-corrected chi connectivity index (χ0v) is 3.96. The smallest absolute Gasteiger partial charge is 0.0777 e. The molecule has 0 radical (unpaired) electrons. The molecule has 0 aliphatic heterocycles. The van der Waals surface area contributed by atoms with E-state index in [9.17, 15) is 0 Å². The molecule has 0 amide bonds. The fourth-order valence-corrected chi connectivity index (χ4v) is 0. The van der Waals surface area contributed by atoms with Crippen molar-refractivity contribution in [3.05, 3.63) is 0 Å². The maximum absolute atomic E-state index is 8.60. The first-order chi connectivity index (χ1) is 3.00. The molecule has 0 aliphatic rings. The summed E-state index contributed by atoms with van der Waals surface area (Å²) in [5, 5.41) is 0. The maximum atomic E-state index is 8.60. The molecule has 0 spiro atoms. The van der Waals surface area contributed by atoms with E-state index in [0.29, 0.717) is 0 Å². The quantitative estimate of drug-likeness (QED) is 0.181. The van der Waals surface area contributed by atoms with Crippen LogP contribution in [0.1, 0.15) is 0 Å². The number of rotatable bonds is 0. The van der Waals surface area contributed by atoms with Crippen molar-refractivity contribution in [1.29, 1.82) is 0 Å². The van der Waals surface area contributed by atoms with Crippen LogP contribution in [0, 0.1) is 10.2 Å². The van der Waals surface area contributed by atoms with Gasteiger partial charge in [-0.15, -0.1) is 0 Å². The average molecular weight is 157 g/mol. The van der Waals surface area contributed by atoms with Gasteiger partial charge >= 0.3 is 29.6 Å². The van der Waals surface area contributed by atoms with E-state index < -0.39 is 10.2 Å². The molecule has 5 N–H and O–H groups in total. The molecule has 0 aromatic heterocycles. The van der Waals surface area contributed by atoms with Crippen molar-refractivity contribution in [1.82, 2.24) is 0 Å². The summed E-state index contributed by atoms with van der Waals surface area (Å²) < 4.78 is 32.7. The van der Waals surface area contributed by atoms with Crippen molar-refractivity contribution in [3.63, 3.8) is 0 Å². The molecule has 0 aliphatic carbocycles. The number of hydrazine groups is 1. The van der Waals surface area contributed by atoms with Crippen LogP contribution in [0.5, 0.6) is 0 Å². The molecule has 0 bridgehead atoms. The Kier molecular flexibility index (Phi) is 16.1. The molecular weight excluding hydrogens is 150 g/mol. The first-order valence-corrected chi connectivity index (χ1v) is 2.23. The average Bonchev–Trinajstić information content (AvgIpc) is 1.36. The molecule has 6 nitrogen and oxygen atoms in total. The number of hydrogen-bond donors (Lipinski definition) is 3. The first kappa shape index (κ1) is 16.0. The van der Waals surface area contributed by atoms with Crippen LogP contribution < -0.4 is 25.7 Å². The minimum absolute atomic E-state index is 0. The van der Waals surface area contributed by atoms with Gasteiger partial charge in [-0.2, -0.15) is 14.0 Å². The third kappa shape index (κ3) is 234. The van der Waals surface area contributed by atoms with E-state index >= 15 is 0 Å². The summed E-state index contributed by atoms with van der Waals surface area (Å²) in [6, 6.07) is 0. The van der Waals surface area contributed by atoms with E-state index in [1.165, 1.54) is 0 Å². The van der Waals surface area contributed by atoms with Gasteiger partial charge in [-0.25, -0.2) is 0 Å². The largest absolute Gasteiger partial charge is 0.183 e. The summed E-state index contributed by atoms with van der Waals surface area (Å²) in [4.78, 5) is 0. The third-order valence-corrected chi connectivity index (χ3v) is 0. The normalized spacial score (nSPS) is 8.25. The van der Waals surface area contributed by atoms with Crippen LogP contribution in [0.25, 0.3) is 0 Å². The third-order valence-electron chi connectivity index (χ3n) is 0. The second-order valence-electron chi connectivity index (χ2n) is 0.396. The van der Waals surface area contributed by atoms with Gasteiger partial charge in [-0.1, -0.05) is 0 Å². The second kappa shape index (κ2) is 8.05. The van der Waals surface area contributed by atoms with Crippen molar-refractivity contribution in [2.45, 2.75) is 0 Å². The topological polar surface area (TPSA) is 141 Å². The van der Waals surface area contributed by atoms with Gasteiger partial charge in [0.05, 0.1) is 14.9 Å². The molecule has 0 aromatic carbocycles. The molecule has 0 saturated heterocycles. The van der Waals surface area contributed by atoms with Crippen LogP contribution in [-0.2, 0) is 0 Å². The molecular formula is H6ClN2NaO4. The summed E-state index contributed by atoms with van der Waals surface area (Å²) in [6.45, 7) is 0. The van der Waals surface area contributed by atoms with E-state index in [-0.39, 0.29) is 29.6 Å². The van der Waals surface area contributed by atoms with E-state index in [1.54, 1.807) is 0 Å². The minimum Gasteiger partial charge on any atom is -0.183 e. The molecule has 0 unspecified atom stereocenters. The standard InChI is InChI=1S/ClHO4.H4N2.Na.H/c2-1(3,4)5;1-2;;/h(H,2,3,4,5);1-2H2;;. The van der Waals surface area contributed by atoms with Crippen molar-refractivity contribution < 1.29 is 28.9 Å². The summed E-state index contributed by atoms with van der Waals surface area (Å²) in [7, 11) is -4.69. The Morgan fingerprint density at radius 3 is 1.12 bits per heavy atom. The van der Waals surface area contributed by atoms with Crippen LogP contribution in [0.3, 0.4) is 0 Å². The Morgan fingerprint density at radius 2 is 1.12 bits per heavy atom. The van der Waals surface area contributed by atoms with Crippen LogP contribution in [0.15, 0.2) is 0 Å². The SMILES string of the molecule is NN.[NaH].[O-][Cl+3]([O-])([O-])O. The maximum Gasteiger partial charge on any atom is 0.0777 e.